The third-order valence-electron chi connectivity index (χ3n) is 2.94. The molecule has 0 bridgehead atoms. The van der Waals surface area contributed by atoms with Crippen molar-refractivity contribution in [1.29, 1.82) is 0 Å². The van der Waals surface area contributed by atoms with Crippen molar-refractivity contribution in [2.24, 2.45) is 5.92 Å². The molecule has 1 saturated heterocycles. The summed E-state index contributed by atoms with van der Waals surface area (Å²) in [5, 5.41) is 0. The molecule has 2 rings (SSSR count). The molecule has 15 heavy (non-hydrogen) atoms. The number of hydrogen-bond donors (Lipinski definition) is 0. The van der Waals surface area contributed by atoms with Crippen LogP contribution in [0, 0.1) is 18.7 Å². The molecule has 0 aromatic heterocycles. The summed E-state index contributed by atoms with van der Waals surface area (Å²) in [6, 6.07) is 4.94. The van der Waals surface area contributed by atoms with Crippen LogP contribution in [-0.4, -0.2) is 12.5 Å². The molecule has 1 amide bonds. The first-order valence-corrected chi connectivity index (χ1v) is 5.17. The van der Waals surface area contributed by atoms with Gasteiger partial charge in [0, 0.05) is 18.2 Å². The highest BCUT2D eigenvalue weighted by Gasteiger charge is 2.29. The minimum absolute atomic E-state index is 0.0642. The maximum Gasteiger partial charge on any atom is 0.229 e. The van der Waals surface area contributed by atoms with Crippen molar-refractivity contribution < 1.29 is 9.18 Å². The summed E-state index contributed by atoms with van der Waals surface area (Å²) in [4.78, 5) is 13.4. The highest BCUT2D eigenvalue weighted by Crippen LogP contribution is 2.26. The zero-order chi connectivity index (χ0) is 11.0. The number of halogens is 1. The molecular weight excluding hydrogens is 193 g/mol. The number of aryl methyl sites for hydroxylation is 1. The average Bonchev–Trinajstić information content (AvgIpc) is 2.53. The van der Waals surface area contributed by atoms with Crippen LogP contribution in [-0.2, 0) is 4.79 Å². The maximum absolute atomic E-state index is 13.3. The van der Waals surface area contributed by atoms with Gasteiger partial charge in [0.1, 0.15) is 5.82 Å². The Kier molecular flexibility index (Phi) is 2.47. The molecule has 0 radical (unpaired) electrons. The monoisotopic (exact) mass is 207 g/mol. The van der Waals surface area contributed by atoms with Crippen LogP contribution in [0.4, 0.5) is 10.1 Å². The zero-order valence-corrected chi connectivity index (χ0v) is 8.96. The highest BCUT2D eigenvalue weighted by atomic mass is 19.1. The fourth-order valence-corrected chi connectivity index (χ4v) is 1.83. The number of benzene rings is 1. The number of nitrogens with zero attached hydrogens (tertiary/aromatic N) is 1. The Labute approximate surface area is 88.7 Å². The molecule has 1 atom stereocenters. The molecular formula is C12H14FNO. The van der Waals surface area contributed by atoms with Crippen LogP contribution in [0.15, 0.2) is 18.2 Å². The maximum atomic E-state index is 13.3. The molecule has 1 unspecified atom stereocenters. The smallest absolute Gasteiger partial charge is 0.229 e. The molecule has 3 heteroatoms. The van der Waals surface area contributed by atoms with Gasteiger partial charge in [0.15, 0.2) is 0 Å². The van der Waals surface area contributed by atoms with Gasteiger partial charge in [0.25, 0.3) is 0 Å². The van der Waals surface area contributed by atoms with Crippen molar-refractivity contribution in [3.05, 3.63) is 29.6 Å². The Balaban J connectivity index is 2.31. The molecule has 1 fully saturated rings. The van der Waals surface area contributed by atoms with E-state index in [9.17, 15) is 9.18 Å². The van der Waals surface area contributed by atoms with Crippen LogP contribution in [0.5, 0.6) is 0 Å². The van der Waals surface area contributed by atoms with Gasteiger partial charge in [-0.3, -0.25) is 4.79 Å². The normalized spacial score (nSPS) is 21.1. The molecule has 0 saturated carbocycles. The molecule has 1 aromatic carbocycles. The van der Waals surface area contributed by atoms with Crippen molar-refractivity contribution in [3.8, 4) is 0 Å². The number of rotatable bonds is 1. The first-order valence-electron chi connectivity index (χ1n) is 5.17. The standard InChI is InChI=1S/C12H14FNO/c1-8-3-4-10(7-11(8)13)14-6-5-9(2)12(14)15/h3-4,7,9H,5-6H2,1-2H3. The molecule has 80 valence electrons. The van der Waals surface area contributed by atoms with Gasteiger partial charge in [-0.2, -0.15) is 0 Å². The van der Waals surface area contributed by atoms with E-state index in [1.807, 2.05) is 6.92 Å². The molecule has 0 aliphatic carbocycles. The summed E-state index contributed by atoms with van der Waals surface area (Å²) in [6.07, 6.45) is 0.855. The lowest BCUT2D eigenvalue weighted by atomic mass is 10.1. The summed E-state index contributed by atoms with van der Waals surface area (Å²) in [6.45, 7) is 4.32. The Morgan fingerprint density at radius 1 is 1.47 bits per heavy atom. The zero-order valence-electron chi connectivity index (χ0n) is 8.96. The van der Waals surface area contributed by atoms with Crippen molar-refractivity contribution in [2.75, 3.05) is 11.4 Å². The molecule has 1 aliphatic rings. The fraction of sp³-hybridized carbons (Fsp3) is 0.417. The Morgan fingerprint density at radius 3 is 2.73 bits per heavy atom. The molecule has 1 aliphatic heterocycles. The van der Waals surface area contributed by atoms with Crippen molar-refractivity contribution >= 4 is 11.6 Å². The number of amides is 1. The van der Waals surface area contributed by atoms with E-state index in [1.165, 1.54) is 6.07 Å². The summed E-state index contributed by atoms with van der Waals surface area (Å²) < 4.78 is 13.3. The third-order valence-corrected chi connectivity index (χ3v) is 2.94. The van der Waals surface area contributed by atoms with Gasteiger partial charge in [-0.1, -0.05) is 13.0 Å². The number of carbonyl (C=O) groups is 1. The van der Waals surface area contributed by atoms with E-state index in [2.05, 4.69) is 0 Å². The van der Waals surface area contributed by atoms with E-state index in [-0.39, 0.29) is 17.6 Å². The first kappa shape index (κ1) is 10.1. The lowest BCUT2D eigenvalue weighted by Crippen LogP contribution is -2.26. The minimum atomic E-state index is -0.250. The predicted octanol–water partition coefficient (Wildman–Crippen LogP) is 2.51. The summed E-state index contributed by atoms with van der Waals surface area (Å²) in [5.74, 6) is -0.0903. The van der Waals surface area contributed by atoms with Crippen LogP contribution in [0.1, 0.15) is 18.9 Å². The van der Waals surface area contributed by atoms with Gasteiger partial charge >= 0.3 is 0 Å². The topological polar surface area (TPSA) is 20.3 Å². The number of hydrogen-bond acceptors (Lipinski definition) is 1. The van der Waals surface area contributed by atoms with E-state index in [1.54, 1.807) is 24.0 Å². The second-order valence-corrected chi connectivity index (χ2v) is 4.11. The highest BCUT2D eigenvalue weighted by molar-refractivity contribution is 5.96. The van der Waals surface area contributed by atoms with Gasteiger partial charge in [-0.15, -0.1) is 0 Å². The summed E-state index contributed by atoms with van der Waals surface area (Å²) in [5.41, 5.74) is 1.28. The Hall–Kier alpha value is -1.38. The summed E-state index contributed by atoms with van der Waals surface area (Å²) in [7, 11) is 0. The SMILES string of the molecule is Cc1ccc(N2CCC(C)C2=O)cc1F. The van der Waals surface area contributed by atoms with Gasteiger partial charge < -0.3 is 4.90 Å². The largest absolute Gasteiger partial charge is 0.312 e. The van der Waals surface area contributed by atoms with Crippen LogP contribution >= 0.6 is 0 Å². The molecule has 2 nitrogen and oxygen atoms in total. The van der Waals surface area contributed by atoms with Crippen molar-refractivity contribution in [3.63, 3.8) is 0 Å². The quantitative estimate of drug-likeness (QED) is 0.693. The molecule has 0 N–H and O–H groups in total. The number of carbonyl (C=O) groups excluding carboxylic acids is 1. The van der Waals surface area contributed by atoms with E-state index in [4.69, 9.17) is 0 Å². The Morgan fingerprint density at radius 2 is 2.20 bits per heavy atom. The molecule has 1 aromatic rings. The van der Waals surface area contributed by atoms with Crippen LogP contribution in [0.25, 0.3) is 0 Å². The van der Waals surface area contributed by atoms with Gasteiger partial charge in [0.05, 0.1) is 0 Å². The van der Waals surface area contributed by atoms with E-state index in [0.717, 1.165) is 6.42 Å². The molecule has 1 heterocycles. The van der Waals surface area contributed by atoms with E-state index >= 15 is 0 Å². The van der Waals surface area contributed by atoms with Gasteiger partial charge in [-0.25, -0.2) is 4.39 Å². The number of anilines is 1. The fourth-order valence-electron chi connectivity index (χ4n) is 1.83. The van der Waals surface area contributed by atoms with Crippen LogP contribution < -0.4 is 4.90 Å². The van der Waals surface area contributed by atoms with Gasteiger partial charge in [-0.05, 0) is 31.0 Å². The summed E-state index contributed by atoms with van der Waals surface area (Å²) >= 11 is 0. The second kappa shape index (κ2) is 3.65. The van der Waals surface area contributed by atoms with Crippen molar-refractivity contribution in [1.82, 2.24) is 0 Å². The average molecular weight is 207 g/mol. The minimum Gasteiger partial charge on any atom is -0.312 e. The molecule has 0 spiro atoms. The van der Waals surface area contributed by atoms with Crippen molar-refractivity contribution in [2.45, 2.75) is 20.3 Å². The van der Waals surface area contributed by atoms with Gasteiger partial charge in [0.2, 0.25) is 5.91 Å². The second-order valence-electron chi connectivity index (χ2n) is 4.11. The predicted molar refractivity (Wildman–Crippen MR) is 57.3 cm³/mol. The van der Waals surface area contributed by atoms with E-state index in [0.29, 0.717) is 17.8 Å². The van der Waals surface area contributed by atoms with Crippen LogP contribution in [0.3, 0.4) is 0 Å². The Bertz CT molecular complexity index is 403. The lowest BCUT2D eigenvalue weighted by Gasteiger charge is -2.16. The third kappa shape index (κ3) is 1.74. The lowest BCUT2D eigenvalue weighted by molar-refractivity contribution is -0.119. The first-order chi connectivity index (χ1) is 7.09. The van der Waals surface area contributed by atoms with E-state index < -0.39 is 0 Å². The van der Waals surface area contributed by atoms with Crippen LogP contribution in [0.2, 0.25) is 0 Å².